The molecular formula is C17H14ClN3O2S. The predicted molar refractivity (Wildman–Crippen MR) is 97.8 cm³/mol. The Labute approximate surface area is 148 Å². The van der Waals surface area contributed by atoms with Gasteiger partial charge in [0.05, 0.1) is 5.69 Å². The number of carbonyl (C=O) groups is 2. The Morgan fingerprint density at radius 3 is 2.58 bits per heavy atom. The van der Waals surface area contributed by atoms with E-state index in [-0.39, 0.29) is 18.2 Å². The van der Waals surface area contributed by atoms with Gasteiger partial charge in [0.2, 0.25) is 11.8 Å². The van der Waals surface area contributed by atoms with Crippen molar-refractivity contribution in [3.05, 3.63) is 59.6 Å². The molecule has 122 valence electrons. The number of halogens is 1. The van der Waals surface area contributed by atoms with Crippen LogP contribution in [0.4, 0.5) is 11.4 Å². The van der Waals surface area contributed by atoms with E-state index in [0.29, 0.717) is 21.6 Å². The van der Waals surface area contributed by atoms with Crippen LogP contribution in [0, 0.1) is 0 Å². The van der Waals surface area contributed by atoms with Gasteiger partial charge in [-0.05, 0) is 36.4 Å². The summed E-state index contributed by atoms with van der Waals surface area (Å²) in [6, 6.07) is 16.1. The molecule has 0 spiro atoms. The summed E-state index contributed by atoms with van der Waals surface area (Å²) < 4.78 is 0. The standard InChI is InChI=1S/C17H14ClN3O2S/c18-11-6-8-13(9-7-11)20-17-21-16(23)14(24-17)10-15(22)19-12-4-2-1-3-5-12/h1-9,14H,10H2,(H,19,22)(H,20,21,23)/t14-/m0/s1. The second kappa shape index (κ2) is 7.51. The molecule has 7 heteroatoms. The van der Waals surface area contributed by atoms with E-state index >= 15 is 0 Å². The highest BCUT2D eigenvalue weighted by atomic mass is 35.5. The molecule has 2 aromatic carbocycles. The van der Waals surface area contributed by atoms with Crippen LogP contribution in [0.25, 0.3) is 0 Å². The molecule has 1 heterocycles. The Bertz CT molecular complexity index is 778. The van der Waals surface area contributed by atoms with Crippen LogP contribution in [0.3, 0.4) is 0 Å². The second-order valence-electron chi connectivity index (χ2n) is 5.11. The summed E-state index contributed by atoms with van der Waals surface area (Å²) in [5.41, 5.74) is 1.40. The van der Waals surface area contributed by atoms with Crippen LogP contribution in [0.15, 0.2) is 59.6 Å². The first-order valence-corrected chi connectivity index (χ1v) is 8.52. The molecule has 0 bridgehead atoms. The van der Waals surface area contributed by atoms with Crippen LogP contribution in [0.1, 0.15) is 6.42 Å². The fourth-order valence-corrected chi connectivity index (χ4v) is 3.24. The normalized spacial score (nSPS) is 18.5. The van der Waals surface area contributed by atoms with Gasteiger partial charge in [-0.25, -0.2) is 4.99 Å². The number of benzene rings is 2. The summed E-state index contributed by atoms with van der Waals surface area (Å²) in [5.74, 6) is -0.419. The quantitative estimate of drug-likeness (QED) is 0.876. The maximum atomic E-state index is 12.1. The number of nitrogens with one attached hydrogen (secondary N) is 2. The van der Waals surface area contributed by atoms with Crippen LogP contribution in [0.5, 0.6) is 0 Å². The molecule has 5 nitrogen and oxygen atoms in total. The molecule has 0 unspecified atom stereocenters. The largest absolute Gasteiger partial charge is 0.326 e. The number of rotatable bonds is 4. The molecule has 3 rings (SSSR count). The van der Waals surface area contributed by atoms with Gasteiger partial charge in [-0.3, -0.25) is 9.59 Å². The fourth-order valence-electron chi connectivity index (χ4n) is 2.13. The van der Waals surface area contributed by atoms with Crippen LogP contribution in [0.2, 0.25) is 5.02 Å². The SMILES string of the molecule is O=C(C[C@@H]1SC(=Nc2ccc(Cl)cc2)NC1=O)Nc1ccccc1. The van der Waals surface area contributed by atoms with Gasteiger partial charge in [0.25, 0.3) is 0 Å². The Morgan fingerprint density at radius 1 is 1.17 bits per heavy atom. The predicted octanol–water partition coefficient (Wildman–Crippen LogP) is 3.59. The molecule has 2 aromatic rings. The van der Waals surface area contributed by atoms with E-state index in [1.165, 1.54) is 11.8 Å². The smallest absolute Gasteiger partial charge is 0.240 e. The lowest BCUT2D eigenvalue weighted by molar-refractivity contribution is -0.122. The molecule has 0 saturated carbocycles. The molecule has 1 aliphatic heterocycles. The molecule has 2 amide bonds. The van der Waals surface area contributed by atoms with Crippen molar-refractivity contribution in [3.63, 3.8) is 0 Å². The van der Waals surface area contributed by atoms with Gasteiger partial charge in [0.1, 0.15) is 5.25 Å². The van der Waals surface area contributed by atoms with Gasteiger partial charge in [-0.1, -0.05) is 41.6 Å². The van der Waals surface area contributed by atoms with Gasteiger partial charge in [-0.15, -0.1) is 0 Å². The van der Waals surface area contributed by atoms with Crippen molar-refractivity contribution in [3.8, 4) is 0 Å². The number of hydrogen-bond acceptors (Lipinski definition) is 4. The zero-order chi connectivity index (χ0) is 16.9. The molecule has 1 atom stereocenters. The summed E-state index contributed by atoms with van der Waals surface area (Å²) in [4.78, 5) is 28.4. The summed E-state index contributed by atoms with van der Waals surface area (Å²) in [7, 11) is 0. The number of thioether (sulfide) groups is 1. The van der Waals surface area contributed by atoms with Gasteiger partial charge < -0.3 is 10.6 Å². The second-order valence-corrected chi connectivity index (χ2v) is 6.74. The van der Waals surface area contributed by atoms with Gasteiger partial charge in [-0.2, -0.15) is 0 Å². The molecule has 2 N–H and O–H groups in total. The highest BCUT2D eigenvalue weighted by Gasteiger charge is 2.32. The minimum Gasteiger partial charge on any atom is -0.326 e. The first-order valence-electron chi connectivity index (χ1n) is 7.27. The highest BCUT2D eigenvalue weighted by Crippen LogP contribution is 2.26. The highest BCUT2D eigenvalue weighted by molar-refractivity contribution is 8.15. The van der Waals surface area contributed by atoms with Crippen molar-refractivity contribution in [1.29, 1.82) is 0 Å². The third kappa shape index (κ3) is 4.37. The van der Waals surface area contributed by atoms with Crippen LogP contribution in [-0.2, 0) is 9.59 Å². The number of amidine groups is 1. The van der Waals surface area contributed by atoms with E-state index in [1.807, 2.05) is 18.2 Å². The summed E-state index contributed by atoms with van der Waals surface area (Å²) in [6.45, 7) is 0. The fraction of sp³-hybridized carbons (Fsp3) is 0.118. The Hall–Kier alpha value is -2.31. The van der Waals surface area contributed by atoms with E-state index in [0.717, 1.165) is 0 Å². The Balaban J connectivity index is 1.60. The van der Waals surface area contributed by atoms with Crippen LogP contribution >= 0.6 is 23.4 Å². The third-order valence-electron chi connectivity index (χ3n) is 3.26. The van der Waals surface area contributed by atoms with Gasteiger partial charge in [0.15, 0.2) is 5.17 Å². The van der Waals surface area contributed by atoms with Crippen LogP contribution in [-0.4, -0.2) is 22.2 Å². The lowest BCUT2D eigenvalue weighted by Crippen LogP contribution is -2.28. The average Bonchev–Trinajstić information content (AvgIpc) is 2.90. The number of amides is 2. The number of anilines is 1. The van der Waals surface area contributed by atoms with Crippen molar-refractivity contribution < 1.29 is 9.59 Å². The van der Waals surface area contributed by atoms with E-state index in [2.05, 4.69) is 15.6 Å². The molecule has 1 fully saturated rings. The Kier molecular flexibility index (Phi) is 5.17. The van der Waals surface area contributed by atoms with Crippen LogP contribution < -0.4 is 10.6 Å². The van der Waals surface area contributed by atoms with Crippen molar-refractivity contribution >= 4 is 51.7 Å². The van der Waals surface area contributed by atoms with Crippen molar-refractivity contribution in [2.45, 2.75) is 11.7 Å². The number of carbonyl (C=O) groups excluding carboxylic acids is 2. The number of hydrogen-bond donors (Lipinski definition) is 2. The number of nitrogens with zero attached hydrogens (tertiary/aromatic N) is 1. The van der Waals surface area contributed by atoms with E-state index in [1.54, 1.807) is 36.4 Å². The summed E-state index contributed by atoms with van der Waals surface area (Å²) in [5, 5.41) is 6.09. The topological polar surface area (TPSA) is 70.6 Å². The van der Waals surface area contributed by atoms with Gasteiger partial charge in [0, 0.05) is 17.1 Å². The molecule has 24 heavy (non-hydrogen) atoms. The van der Waals surface area contributed by atoms with E-state index in [9.17, 15) is 9.59 Å². The molecule has 1 aliphatic rings. The Morgan fingerprint density at radius 2 is 1.88 bits per heavy atom. The zero-order valence-electron chi connectivity index (χ0n) is 12.5. The maximum absolute atomic E-state index is 12.1. The zero-order valence-corrected chi connectivity index (χ0v) is 14.1. The van der Waals surface area contributed by atoms with Crippen molar-refractivity contribution in [2.75, 3.05) is 5.32 Å². The third-order valence-corrected chi connectivity index (χ3v) is 4.60. The average molecular weight is 360 g/mol. The monoisotopic (exact) mass is 359 g/mol. The molecule has 0 radical (unpaired) electrons. The minimum absolute atomic E-state index is 0.0883. The lowest BCUT2D eigenvalue weighted by Gasteiger charge is -2.07. The van der Waals surface area contributed by atoms with Gasteiger partial charge >= 0.3 is 0 Å². The summed E-state index contributed by atoms with van der Waals surface area (Å²) in [6.07, 6.45) is 0.0883. The number of para-hydroxylation sites is 1. The van der Waals surface area contributed by atoms with Crippen molar-refractivity contribution in [1.82, 2.24) is 5.32 Å². The first kappa shape index (κ1) is 16.5. The lowest BCUT2D eigenvalue weighted by atomic mass is 10.2. The number of aliphatic imine (C=N–C) groups is 1. The first-order chi connectivity index (χ1) is 11.6. The summed E-state index contributed by atoms with van der Waals surface area (Å²) >= 11 is 7.08. The maximum Gasteiger partial charge on any atom is 0.240 e. The van der Waals surface area contributed by atoms with Crippen molar-refractivity contribution in [2.24, 2.45) is 4.99 Å². The molecule has 0 aliphatic carbocycles. The molecular weight excluding hydrogens is 346 g/mol. The molecule has 0 aromatic heterocycles. The van der Waals surface area contributed by atoms with E-state index < -0.39 is 5.25 Å². The minimum atomic E-state index is -0.486. The molecule has 1 saturated heterocycles. The van der Waals surface area contributed by atoms with E-state index in [4.69, 9.17) is 11.6 Å².